The van der Waals surface area contributed by atoms with Gasteiger partial charge in [0.1, 0.15) is 11.6 Å². The second kappa shape index (κ2) is 6.74. The molecule has 1 aliphatic carbocycles. The van der Waals surface area contributed by atoms with Crippen LogP contribution in [0.15, 0.2) is 18.2 Å². The van der Waals surface area contributed by atoms with E-state index in [1.54, 1.807) is 6.07 Å². The molecule has 1 fully saturated rings. The summed E-state index contributed by atoms with van der Waals surface area (Å²) in [6.45, 7) is 0.878. The lowest BCUT2D eigenvalue weighted by atomic mass is 10.0. The molecule has 1 aromatic rings. The lowest BCUT2D eigenvalue weighted by Crippen LogP contribution is -2.13. The highest BCUT2D eigenvalue weighted by Crippen LogP contribution is 2.26. The molecule has 0 aromatic heterocycles. The smallest absolute Gasteiger partial charge is 0.131 e. The van der Waals surface area contributed by atoms with Crippen molar-refractivity contribution in [2.75, 3.05) is 6.61 Å². The Kier molecular flexibility index (Phi) is 5.00. The molecule has 0 atom stereocenters. The normalized spacial score (nSPS) is 17.4. The summed E-state index contributed by atoms with van der Waals surface area (Å²) in [5.74, 6) is 0.957. The summed E-state index contributed by atoms with van der Waals surface area (Å²) in [5, 5.41) is 0. The third kappa shape index (κ3) is 3.45. The van der Waals surface area contributed by atoms with Crippen molar-refractivity contribution in [3.05, 3.63) is 29.6 Å². The van der Waals surface area contributed by atoms with E-state index in [1.165, 1.54) is 44.6 Å². The second-order valence-electron chi connectivity index (χ2n) is 5.09. The van der Waals surface area contributed by atoms with E-state index in [0.717, 1.165) is 0 Å². The van der Waals surface area contributed by atoms with Crippen LogP contribution in [0.1, 0.15) is 44.1 Å². The number of ether oxygens (including phenoxy) is 1. The topological polar surface area (TPSA) is 35.2 Å². The number of halogens is 1. The van der Waals surface area contributed by atoms with Gasteiger partial charge in [0.15, 0.2) is 0 Å². The molecule has 2 rings (SSSR count). The lowest BCUT2D eigenvalue weighted by molar-refractivity contribution is 0.231. The van der Waals surface area contributed by atoms with Gasteiger partial charge in [-0.3, -0.25) is 0 Å². The van der Waals surface area contributed by atoms with Gasteiger partial charge in [-0.25, -0.2) is 4.39 Å². The summed E-state index contributed by atoms with van der Waals surface area (Å²) >= 11 is 0. The highest BCUT2D eigenvalue weighted by Gasteiger charge is 2.14. The predicted molar refractivity (Wildman–Crippen MR) is 71.0 cm³/mol. The molecule has 0 saturated heterocycles. The third-order valence-electron chi connectivity index (χ3n) is 3.73. The average Bonchev–Trinajstić information content (AvgIpc) is 2.65. The Hall–Kier alpha value is -1.09. The minimum absolute atomic E-state index is 0.187. The van der Waals surface area contributed by atoms with Gasteiger partial charge in [0.05, 0.1) is 6.61 Å². The fourth-order valence-corrected chi connectivity index (χ4v) is 2.61. The maximum atomic E-state index is 13.5. The van der Waals surface area contributed by atoms with E-state index in [4.69, 9.17) is 10.5 Å². The first-order valence-corrected chi connectivity index (χ1v) is 6.91. The fourth-order valence-electron chi connectivity index (χ4n) is 2.61. The summed E-state index contributed by atoms with van der Waals surface area (Å²) in [7, 11) is 0. The molecule has 0 radical (unpaired) electrons. The first-order chi connectivity index (χ1) is 8.81. The standard InChI is InChI=1S/C15H22FNO/c16-14-8-5-9-15(13(14)10-17)18-11-12-6-3-1-2-4-7-12/h5,8-9,12H,1-4,6-7,10-11,17H2. The molecule has 0 unspecified atom stereocenters. The van der Waals surface area contributed by atoms with Crippen molar-refractivity contribution in [2.45, 2.75) is 45.1 Å². The summed E-state index contributed by atoms with van der Waals surface area (Å²) < 4.78 is 19.3. The molecule has 3 heteroatoms. The molecule has 0 bridgehead atoms. The van der Waals surface area contributed by atoms with Crippen molar-refractivity contribution < 1.29 is 9.13 Å². The fraction of sp³-hybridized carbons (Fsp3) is 0.600. The van der Waals surface area contributed by atoms with Crippen molar-refractivity contribution in [3.63, 3.8) is 0 Å². The van der Waals surface area contributed by atoms with Crippen LogP contribution in [0.25, 0.3) is 0 Å². The Morgan fingerprint density at radius 1 is 1.17 bits per heavy atom. The third-order valence-corrected chi connectivity index (χ3v) is 3.73. The maximum Gasteiger partial charge on any atom is 0.131 e. The van der Waals surface area contributed by atoms with Crippen LogP contribution in [0, 0.1) is 11.7 Å². The second-order valence-corrected chi connectivity index (χ2v) is 5.09. The van der Waals surface area contributed by atoms with Crippen LogP contribution in [0.3, 0.4) is 0 Å². The van der Waals surface area contributed by atoms with E-state index in [9.17, 15) is 4.39 Å². The first-order valence-electron chi connectivity index (χ1n) is 6.91. The van der Waals surface area contributed by atoms with E-state index in [1.807, 2.05) is 6.07 Å². The molecular weight excluding hydrogens is 229 g/mol. The Morgan fingerprint density at radius 3 is 2.56 bits per heavy atom. The van der Waals surface area contributed by atoms with Crippen molar-refractivity contribution in [1.29, 1.82) is 0 Å². The van der Waals surface area contributed by atoms with Crippen LogP contribution >= 0.6 is 0 Å². The molecule has 0 heterocycles. The molecule has 0 spiro atoms. The minimum Gasteiger partial charge on any atom is -0.493 e. The molecule has 2 N–H and O–H groups in total. The van der Waals surface area contributed by atoms with Gasteiger partial charge in [-0.15, -0.1) is 0 Å². The highest BCUT2D eigenvalue weighted by atomic mass is 19.1. The number of benzene rings is 1. The molecular formula is C15H22FNO. The van der Waals surface area contributed by atoms with E-state index >= 15 is 0 Å². The van der Waals surface area contributed by atoms with Crippen LogP contribution in [0.5, 0.6) is 5.75 Å². The van der Waals surface area contributed by atoms with Gasteiger partial charge in [0.2, 0.25) is 0 Å². The van der Waals surface area contributed by atoms with Crippen molar-refractivity contribution in [1.82, 2.24) is 0 Å². The van der Waals surface area contributed by atoms with Gasteiger partial charge in [-0.2, -0.15) is 0 Å². The van der Waals surface area contributed by atoms with Gasteiger partial charge in [-0.05, 0) is 30.9 Å². The summed E-state index contributed by atoms with van der Waals surface area (Å²) in [6, 6.07) is 4.92. The van der Waals surface area contributed by atoms with E-state index in [2.05, 4.69) is 0 Å². The Bertz CT molecular complexity index is 373. The molecule has 1 aromatic carbocycles. The minimum atomic E-state index is -0.268. The number of hydrogen-bond acceptors (Lipinski definition) is 2. The number of hydrogen-bond donors (Lipinski definition) is 1. The Morgan fingerprint density at radius 2 is 1.89 bits per heavy atom. The molecule has 18 heavy (non-hydrogen) atoms. The number of nitrogens with two attached hydrogens (primary N) is 1. The summed E-state index contributed by atoms with van der Waals surface area (Å²) in [5.41, 5.74) is 6.06. The van der Waals surface area contributed by atoms with Gasteiger partial charge >= 0.3 is 0 Å². The Balaban J connectivity index is 1.94. The van der Waals surface area contributed by atoms with E-state index < -0.39 is 0 Å². The monoisotopic (exact) mass is 251 g/mol. The van der Waals surface area contributed by atoms with Crippen LogP contribution in [0.4, 0.5) is 4.39 Å². The maximum absolute atomic E-state index is 13.5. The van der Waals surface area contributed by atoms with E-state index in [-0.39, 0.29) is 12.4 Å². The van der Waals surface area contributed by atoms with Crippen LogP contribution < -0.4 is 10.5 Å². The summed E-state index contributed by atoms with van der Waals surface area (Å²) in [6.07, 6.45) is 7.72. The predicted octanol–water partition coefficient (Wildman–Crippen LogP) is 3.63. The zero-order chi connectivity index (χ0) is 12.8. The zero-order valence-corrected chi connectivity index (χ0v) is 10.8. The van der Waals surface area contributed by atoms with Gasteiger partial charge in [0, 0.05) is 12.1 Å². The van der Waals surface area contributed by atoms with Gasteiger partial charge < -0.3 is 10.5 Å². The Labute approximate surface area is 108 Å². The van der Waals surface area contributed by atoms with Gasteiger partial charge in [-0.1, -0.05) is 31.7 Å². The quantitative estimate of drug-likeness (QED) is 0.829. The molecule has 0 aliphatic heterocycles. The average molecular weight is 251 g/mol. The van der Waals surface area contributed by atoms with Crippen LogP contribution in [0.2, 0.25) is 0 Å². The molecule has 2 nitrogen and oxygen atoms in total. The molecule has 0 amide bonds. The largest absolute Gasteiger partial charge is 0.493 e. The van der Waals surface area contributed by atoms with Crippen LogP contribution in [-0.2, 0) is 6.54 Å². The van der Waals surface area contributed by atoms with Crippen molar-refractivity contribution >= 4 is 0 Å². The number of rotatable bonds is 4. The SMILES string of the molecule is NCc1c(F)cccc1OCC1CCCCCC1. The molecule has 1 saturated carbocycles. The summed E-state index contributed by atoms with van der Waals surface area (Å²) in [4.78, 5) is 0. The van der Waals surface area contributed by atoms with Crippen LogP contribution in [-0.4, -0.2) is 6.61 Å². The zero-order valence-electron chi connectivity index (χ0n) is 10.8. The van der Waals surface area contributed by atoms with Gasteiger partial charge in [0.25, 0.3) is 0 Å². The first kappa shape index (κ1) is 13.3. The lowest BCUT2D eigenvalue weighted by Gasteiger charge is -2.17. The van der Waals surface area contributed by atoms with Crippen molar-refractivity contribution in [3.8, 4) is 5.75 Å². The molecule has 1 aliphatic rings. The van der Waals surface area contributed by atoms with Crippen molar-refractivity contribution in [2.24, 2.45) is 11.7 Å². The highest BCUT2D eigenvalue weighted by molar-refractivity contribution is 5.34. The molecule has 100 valence electrons. The van der Waals surface area contributed by atoms with E-state index in [0.29, 0.717) is 23.8 Å².